The Kier molecular flexibility index (Phi) is 2.45. The highest BCUT2D eigenvalue weighted by Gasteiger charge is 2.32. The zero-order valence-corrected chi connectivity index (χ0v) is 6.65. The van der Waals surface area contributed by atoms with Crippen LogP contribution in [0.25, 0.3) is 0 Å². The molecule has 0 N–H and O–H groups in total. The summed E-state index contributed by atoms with van der Waals surface area (Å²) >= 11 is 0. The molecule has 0 aromatic heterocycles. The maximum atomic E-state index is 12.8. The Hall–Kier alpha value is -1.26. The van der Waals surface area contributed by atoms with Gasteiger partial charge in [0.1, 0.15) is 0 Å². The molecule has 0 heterocycles. The average molecular weight is 194 g/mol. The topological polar surface area (TPSA) is 9.23 Å². The lowest BCUT2D eigenvalue weighted by molar-refractivity contribution is -0.275. The van der Waals surface area contributed by atoms with E-state index in [0.29, 0.717) is 0 Å². The van der Waals surface area contributed by atoms with Crippen LogP contribution in [0.15, 0.2) is 18.2 Å². The van der Waals surface area contributed by atoms with Crippen molar-refractivity contribution in [1.29, 1.82) is 0 Å². The van der Waals surface area contributed by atoms with Crippen LogP contribution in [0.1, 0.15) is 5.56 Å². The number of alkyl halides is 3. The number of ether oxygens (including phenoxy) is 1. The van der Waals surface area contributed by atoms with Crippen LogP contribution in [0, 0.1) is 12.7 Å². The molecule has 1 aromatic rings. The summed E-state index contributed by atoms with van der Waals surface area (Å²) in [6, 6.07) is 3.56. The third kappa shape index (κ3) is 2.61. The van der Waals surface area contributed by atoms with Gasteiger partial charge in [0, 0.05) is 0 Å². The molecule has 0 saturated heterocycles. The molecule has 0 spiro atoms. The van der Waals surface area contributed by atoms with Crippen LogP contribution in [0.3, 0.4) is 0 Å². The lowest BCUT2D eigenvalue weighted by Gasteiger charge is -2.11. The number of para-hydroxylation sites is 1. The number of hydrogen-bond acceptors (Lipinski definition) is 1. The number of rotatable bonds is 1. The highest BCUT2D eigenvalue weighted by Crippen LogP contribution is 2.28. The third-order valence-electron chi connectivity index (χ3n) is 1.38. The average Bonchev–Trinajstić information content (AvgIpc) is 1.95. The highest BCUT2D eigenvalue weighted by atomic mass is 19.4. The largest absolute Gasteiger partial charge is 0.573 e. The van der Waals surface area contributed by atoms with Gasteiger partial charge in [0.25, 0.3) is 0 Å². The fourth-order valence-corrected chi connectivity index (χ4v) is 0.862. The standard InChI is InChI=1S/C8H6F4O/c1-5-3-2-4-6(9)7(5)13-8(10,11)12/h2-4H,1H3. The molecule has 5 heteroatoms. The lowest BCUT2D eigenvalue weighted by Crippen LogP contribution is -2.18. The normalized spacial score (nSPS) is 11.5. The number of benzene rings is 1. The summed E-state index contributed by atoms with van der Waals surface area (Å²) in [6.07, 6.45) is -4.85. The predicted molar refractivity (Wildman–Crippen MR) is 37.8 cm³/mol. The molecule has 0 radical (unpaired) electrons. The second kappa shape index (κ2) is 3.24. The van der Waals surface area contributed by atoms with E-state index >= 15 is 0 Å². The van der Waals surface area contributed by atoms with Crippen molar-refractivity contribution in [1.82, 2.24) is 0 Å². The molecular weight excluding hydrogens is 188 g/mol. The molecule has 0 aliphatic heterocycles. The Morgan fingerprint density at radius 1 is 1.23 bits per heavy atom. The van der Waals surface area contributed by atoms with Crippen molar-refractivity contribution in [3.63, 3.8) is 0 Å². The van der Waals surface area contributed by atoms with Crippen molar-refractivity contribution >= 4 is 0 Å². The summed E-state index contributed by atoms with van der Waals surface area (Å²) in [5, 5.41) is 0. The Balaban J connectivity index is 3.00. The van der Waals surface area contributed by atoms with Crippen molar-refractivity contribution in [2.45, 2.75) is 13.3 Å². The van der Waals surface area contributed by atoms with Gasteiger partial charge in [-0.1, -0.05) is 12.1 Å². The van der Waals surface area contributed by atoms with Crippen molar-refractivity contribution in [2.75, 3.05) is 0 Å². The summed E-state index contributed by atoms with van der Waals surface area (Å²) in [5.74, 6) is -1.78. The van der Waals surface area contributed by atoms with Crippen molar-refractivity contribution in [3.05, 3.63) is 29.6 Å². The zero-order chi connectivity index (χ0) is 10.1. The van der Waals surface area contributed by atoms with Gasteiger partial charge < -0.3 is 4.74 Å². The first kappa shape index (κ1) is 9.83. The van der Waals surface area contributed by atoms with Gasteiger partial charge in [0.15, 0.2) is 11.6 Å². The molecule has 1 nitrogen and oxygen atoms in total. The van der Waals surface area contributed by atoms with E-state index in [-0.39, 0.29) is 5.56 Å². The van der Waals surface area contributed by atoms with Crippen LogP contribution in [0.4, 0.5) is 17.6 Å². The van der Waals surface area contributed by atoms with Crippen LogP contribution in [0.2, 0.25) is 0 Å². The second-order valence-corrected chi connectivity index (χ2v) is 2.43. The molecule has 0 aliphatic carbocycles. The molecule has 0 saturated carbocycles. The molecule has 0 bridgehead atoms. The Labute approximate surface area is 71.9 Å². The Bertz CT molecular complexity index is 285. The molecule has 13 heavy (non-hydrogen) atoms. The van der Waals surface area contributed by atoms with Gasteiger partial charge in [-0.3, -0.25) is 0 Å². The first-order valence-electron chi connectivity index (χ1n) is 3.41. The van der Waals surface area contributed by atoms with Gasteiger partial charge in [0.05, 0.1) is 0 Å². The summed E-state index contributed by atoms with van der Waals surface area (Å²) in [7, 11) is 0. The molecule has 0 unspecified atom stereocenters. The van der Waals surface area contributed by atoms with Gasteiger partial charge in [-0.15, -0.1) is 13.2 Å². The van der Waals surface area contributed by atoms with Crippen molar-refractivity contribution in [2.24, 2.45) is 0 Å². The Morgan fingerprint density at radius 2 is 1.85 bits per heavy atom. The highest BCUT2D eigenvalue weighted by molar-refractivity contribution is 5.33. The monoisotopic (exact) mass is 194 g/mol. The van der Waals surface area contributed by atoms with E-state index in [1.807, 2.05) is 0 Å². The second-order valence-electron chi connectivity index (χ2n) is 2.43. The van der Waals surface area contributed by atoms with Crippen LogP contribution in [-0.2, 0) is 0 Å². The minimum atomic E-state index is -4.85. The quantitative estimate of drug-likeness (QED) is 0.624. The Morgan fingerprint density at radius 3 is 2.31 bits per heavy atom. The molecule has 0 amide bonds. The molecule has 1 aromatic carbocycles. The SMILES string of the molecule is Cc1cccc(F)c1OC(F)(F)F. The molecule has 1 rings (SSSR count). The summed E-state index contributed by atoms with van der Waals surface area (Å²) in [4.78, 5) is 0. The van der Waals surface area contributed by atoms with Gasteiger partial charge in [-0.2, -0.15) is 0 Å². The van der Waals surface area contributed by atoms with Gasteiger partial charge in [-0.25, -0.2) is 4.39 Å². The van der Waals surface area contributed by atoms with E-state index in [1.165, 1.54) is 19.1 Å². The minimum absolute atomic E-state index is 0.109. The van der Waals surface area contributed by atoms with Crippen LogP contribution in [0.5, 0.6) is 5.75 Å². The van der Waals surface area contributed by atoms with E-state index < -0.39 is 17.9 Å². The first-order valence-corrected chi connectivity index (χ1v) is 3.41. The molecule has 0 atom stereocenters. The first-order chi connectivity index (χ1) is 5.90. The van der Waals surface area contributed by atoms with Gasteiger partial charge in [0.2, 0.25) is 0 Å². The van der Waals surface area contributed by atoms with Gasteiger partial charge >= 0.3 is 6.36 Å². The van der Waals surface area contributed by atoms with Crippen LogP contribution < -0.4 is 4.74 Å². The maximum absolute atomic E-state index is 12.8. The summed E-state index contributed by atoms with van der Waals surface area (Å²) in [6.45, 7) is 1.34. The summed E-state index contributed by atoms with van der Waals surface area (Å²) in [5.41, 5.74) is 0.109. The van der Waals surface area contributed by atoms with E-state index in [1.54, 1.807) is 0 Å². The molecule has 0 fully saturated rings. The fraction of sp³-hybridized carbons (Fsp3) is 0.250. The van der Waals surface area contributed by atoms with Gasteiger partial charge in [-0.05, 0) is 18.6 Å². The lowest BCUT2D eigenvalue weighted by atomic mass is 10.2. The number of hydrogen-bond donors (Lipinski definition) is 0. The van der Waals surface area contributed by atoms with E-state index in [4.69, 9.17) is 0 Å². The summed E-state index contributed by atoms with van der Waals surface area (Å²) < 4.78 is 51.4. The number of halogens is 4. The maximum Gasteiger partial charge on any atom is 0.573 e. The van der Waals surface area contributed by atoms with Crippen LogP contribution in [-0.4, -0.2) is 6.36 Å². The fourth-order valence-electron chi connectivity index (χ4n) is 0.862. The van der Waals surface area contributed by atoms with E-state index in [2.05, 4.69) is 4.74 Å². The minimum Gasteiger partial charge on any atom is -0.402 e. The van der Waals surface area contributed by atoms with E-state index in [9.17, 15) is 17.6 Å². The van der Waals surface area contributed by atoms with Crippen LogP contribution >= 0.6 is 0 Å². The molecule has 0 aliphatic rings. The number of aryl methyl sites for hydroxylation is 1. The molecular formula is C8H6F4O. The molecule has 72 valence electrons. The third-order valence-corrected chi connectivity index (χ3v) is 1.38. The predicted octanol–water partition coefficient (Wildman–Crippen LogP) is 3.03. The van der Waals surface area contributed by atoms with E-state index in [0.717, 1.165) is 6.07 Å². The smallest absolute Gasteiger partial charge is 0.402 e. The zero-order valence-electron chi connectivity index (χ0n) is 6.65. The van der Waals surface area contributed by atoms with Crippen molar-refractivity contribution in [3.8, 4) is 5.75 Å². The van der Waals surface area contributed by atoms with Crippen molar-refractivity contribution < 1.29 is 22.3 Å².